The SMILES string of the molecule is O=C(O)CC(CNC(=S)NCc1ccccc1)C(=O)O. The van der Waals surface area contributed by atoms with Crippen LogP contribution in [0.2, 0.25) is 0 Å². The van der Waals surface area contributed by atoms with Crippen LogP contribution in [0.4, 0.5) is 0 Å². The van der Waals surface area contributed by atoms with E-state index in [1.54, 1.807) is 0 Å². The Morgan fingerprint density at radius 1 is 1.15 bits per heavy atom. The summed E-state index contributed by atoms with van der Waals surface area (Å²) in [5.74, 6) is -3.32. The molecule has 7 heteroatoms. The Balaban J connectivity index is 2.34. The van der Waals surface area contributed by atoms with Crippen molar-refractivity contribution in [3.8, 4) is 0 Å². The summed E-state index contributed by atoms with van der Waals surface area (Å²) in [5, 5.41) is 23.4. The Kier molecular flexibility index (Phi) is 6.45. The maximum atomic E-state index is 10.9. The van der Waals surface area contributed by atoms with Crippen LogP contribution in [0.5, 0.6) is 0 Å². The third-order valence-corrected chi connectivity index (χ3v) is 2.86. The third-order valence-electron chi connectivity index (χ3n) is 2.58. The summed E-state index contributed by atoms with van der Waals surface area (Å²) in [5.41, 5.74) is 1.04. The Morgan fingerprint density at radius 3 is 2.35 bits per heavy atom. The lowest BCUT2D eigenvalue weighted by Gasteiger charge is -2.14. The number of carboxylic acids is 2. The van der Waals surface area contributed by atoms with E-state index in [1.807, 2.05) is 30.3 Å². The molecule has 0 radical (unpaired) electrons. The lowest BCUT2D eigenvalue weighted by atomic mass is 10.1. The van der Waals surface area contributed by atoms with Gasteiger partial charge in [-0.25, -0.2) is 0 Å². The van der Waals surface area contributed by atoms with Crippen molar-refractivity contribution < 1.29 is 19.8 Å². The highest BCUT2D eigenvalue weighted by molar-refractivity contribution is 7.80. The number of benzene rings is 1. The molecule has 4 N–H and O–H groups in total. The second kappa shape index (κ2) is 8.11. The highest BCUT2D eigenvalue weighted by atomic mass is 32.1. The van der Waals surface area contributed by atoms with Gasteiger partial charge >= 0.3 is 11.9 Å². The molecule has 1 rings (SSSR count). The van der Waals surface area contributed by atoms with Crippen molar-refractivity contribution in [2.24, 2.45) is 5.92 Å². The van der Waals surface area contributed by atoms with Gasteiger partial charge in [-0.3, -0.25) is 9.59 Å². The number of thiocarbonyl (C=S) groups is 1. The third kappa shape index (κ3) is 6.14. The van der Waals surface area contributed by atoms with Gasteiger partial charge in [0.15, 0.2) is 5.11 Å². The van der Waals surface area contributed by atoms with Crippen molar-refractivity contribution in [3.05, 3.63) is 35.9 Å². The van der Waals surface area contributed by atoms with E-state index in [1.165, 1.54) is 0 Å². The first-order chi connectivity index (χ1) is 9.49. The Hall–Kier alpha value is -2.15. The maximum Gasteiger partial charge on any atom is 0.308 e. The van der Waals surface area contributed by atoms with E-state index in [0.717, 1.165) is 5.56 Å². The Bertz CT molecular complexity index is 479. The molecule has 0 amide bonds. The van der Waals surface area contributed by atoms with Crippen LogP contribution < -0.4 is 10.6 Å². The van der Waals surface area contributed by atoms with Gasteiger partial charge in [0.05, 0.1) is 12.3 Å². The van der Waals surface area contributed by atoms with Crippen LogP contribution in [-0.4, -0.2) is 33.8 Å². The van der Waals surface area contributed by atoms with Gasteiger partial charge in [-0.05, 0) is 17.8 Å². The van der Waals surface area contributed by atoms with E-state index in [2.05, 4.69) is 10.6 Å². The van der Waals surface area contributed by atoms with E-state index in [9.17, 15) is 9.59 Å². The van der Waals surface area contributed by atoms with Crippen molar-refractivity contribution in [2.75, 3.05) is 6.54 Å². The number of hydrogen-bond acceptors (Lipinski definition) is 3. The van der Waals surface area contributed by atoms with Crippen molar-refractivity contribution in [1.82, 2.24) is 10.6 Å². The van der Waals surface area contributed by atoms with E-state index < -0.39 is 24.3 Å². The molecule has 20 heavy (non-hydrogen) atoms. The Labute approximate surface area is 121 Å². The zero-order chi connectivity index (χ0) is 15.0. The van der Waals surface area contributed by atoms with E-state index in [-0.39, 0.29) is 6.54 Å². The summed E-state index contributed by atoms with van der Waals surface area (Å²) in [6, 6.07) is 9.57. The highest BCUT2D eigenvalue weighted by Gasteiger charge is 2.20. The molecule has 0 spiro atoms. The normalized spacial score (nSPS) is 11.4. The van der Waals surface area contributed by atoms with Crippen LogP contribution in [0, 0.1) is 5.92 Å². The summed E-state index contributed by atoms with van der Waals surface area (Å²) in [6.07, 6.45) is -0.441. The predicted molar refractivity (Wildman–Crippen MR) is 77.3 cm³/mol. The molecule has 0 aliphatic rings. The lowest BCUT2D eigenvalue weighted by Crippen LogP contribution is -2.40. The van der Waals surface area contributed by atoms with E-state index in [0.29, 0.717) is 11.7 Å². The van der Waals surface area contributed by atoms with Crippen LogP contribution in [0.3, 0.4) is 0 Å². The summed E-state index contributed by atoms with van der Waals surface area (Å²) < 4.78 is 0. The minimum Gasteiger partial charge on any atom is -0.481 e. The average molecular weight is 296 g/mol. The first-order valence-electron chi connectivity index (χ1n) is 5.99. The van der Waals surface area contributed by atoms with Crippen molar-refractivity contribution in [1.29, 1.82) is 0 Å². The summed E-state index contributed by atoms with van der Waals surface area (Å²) in [6.45, 7) is 0.492. The first-order valence-corrected chi connectivity index (χ1v) is 6.40. The van der Waals surface area contributed by atoms with Gasteiger partial charge in [0, 0.05) is 13.1 Å². The smallest absolute Gasteiger partial charge is 0.308 e. The molecule has 6 nitrogen and oxygen atoms in total. The molecule has 0 fully saturated rings. The average Bonchev–Trinajstić information content (AvgIpc) is 2.41. The fourth-order valence-electron chi connectivity index (χ4n) is 1.51. The number of nitrogens with one attached hydrogen (secondary N) is 2. The molecule has 0 aliphatic carbocycles. The number of aliphatic carboxylic acids is 2. The van der Waals surface area contributed by atoms with Gasteiger partial charge in [-0.2, -0.15) is 0 Å². The maximum absolute atomic E-state index is 10.9. The molecular formula is C13H16N2O4S. The van der Waals surface area contributed by atoms with Gasteiger partial charge in [-0.15, -0.1) is 0 Å². The summed E-state index contributed by atoms with van der Waals surface area (Å²) >= 11 is 5.01. The summed E-state index contributed by atoms with van der Waals surface area (Å²) in [7, 11) is 0. The van der Waals surface area contributed by atoms with Gasteiger partial charge < -0.3 is 20.8 Å². The zero-order valence-electron chi connectivity index (χ0n) is 10.7. The number of carbonyl (C=O) groups is 2. The molecule has 0 aliphatic heterocycles. The second-order valence-electron chi connectivity index (χ2n) is 4.18. The molecular weight excluding hydrogens is 280 g/mol. The zero-order valence-corrected chi connectivity index (χ0v) is 11.5. The van der Waals surface area contributed by atoms with Gasteiger partial charge in [0.1, 0.15) is 0 Å². The number of rotatable bonds is 7. The van der Waals surface area contributed by atoms with Crippen molar-refractivity contribution in [3.63, 3.8) is 0 Å². The lowest BCUT2D eigenvalue weighted by molar-refractivity contribution is -0.148. The first kappa shape index (κ1) is 15.9. The van der Waals surface area contributed by atoms with Gasteiger partial charge in [0.2, 0.25) is 0 Å². The van der Waals surface area contributed by atoms with Crippen LogP contribution >= 0.6 is 12.2 Å². The largest absolute Gasteiger partial charge is 0.481 e. The van der Waals surface area contributed by atoms with Crippen LogP contribution in [0.15, 0.2) is 30.3 Å². The highest BCUT2D eigenvalue weighted by Crippen LogP contribution is 2.02. The van der Waals surface area contributed by atoms with Crippen LogP contribution in [0.1, 0.15) is 12.0 Å². The quantitative estimate of drug-likeness (QED) is 0.553. The second-order valence-corrected chi connectivity index (χ2v) is 4.59. The standard InChI is InChI=1S/C13H16N2O4S/c16-11(17)6-10(12(18)19)8-15-13(20)14-7-9-4-2-1-3-5-9/h1-5,10H,6-8H2,(H,16,17)(H,18,19)(H2,14,15,20). The fourth-order valence-corrected chi connectivity index (χ4v) is 1.67. The topological polar surface area (TPSA) is 98.7 Å². The van der Waals surface area contributed by atoms with Crippen LogP contribution in [0.25, 0.3) is 0 Å². The Morgan fingerprint density at radius 2 is 1.80 bits per heavy atom. The predicted octanol–water partition coefficient (Wildman–Crippen LogP) is 0.826. The monoisotopic (exact) mass is 296 g/mol. The molecule has 0 saturated carbocycles. The number of hydrogen-bond donors (Lipinski definition) is 4. The molecule has 1 aromatic rings. The molecule has 0 heterocycles. The van der Waals surface area contributed by atoms with E-state index >= 15 is 0 Å². The molecule has 108 valence electrons. The minimum atomic E-state index is -1.16. The molecule has 1 atom stereocenters. The molecule has 0 bridgehead atoms. The van der Waals surface area contributed by atoms with Crippen LogP contribution in [-0.2, 0) is 16.1 Å². The van der Waals surface area contributed by atoms with Gasteiger partial charge in [0.25, 0.3) is 0 Å². The fraction of sp³-hybridized carbons (Fsp3) is 0.308. The number of carboxylic acid groups (broad SMARTS) is 2. The van der Waals surface area contributed by atoms with Crippen molar-refractivity contribution >= 4 is 29.3 Å². The van der Waals surface area contributed by atoms with Crippen molar-refractivity contribution in [2.45, 2.75) is 13.0 Å². The molecule has 1 unspecified atom stereocenters. The van der Waals surface area contributed by atoms with E-state index in [4.69, 9.17) is 22.4 Å². The molecule has 0 saturated heterocycles. The molecule has 1 aromatic carbocycles. The van der Waals surface area contributed by atoms with Gasteiger partial charge in [-0.1, -0.05) is 30.3 Å². The summed E-state index contributed by atoms with van der Waals surface area (Å²) in [4.78, 5) is 21.4. The molecule has 0 aromatic heterocycles. The minimum absolute atomic E-state index is 0.0255.